The van der Waals surface area contributed by atoms with E-state index in [4.69, 9.17) is 0 Å². The van der Waals surface area contributed by atoms with Crippen LogP contribution in [0.25, 0.3) is 5.65 Å². The van der Waals surface area contributed by atoms with Crippen LogP contribution in [0.5, 0.6) is 0 Å². The molecule has 2 aromatic carbocycles. The van der Waals surface area contributed by atoms with Crippen molar-refractivity contribution in [2.45, 2.75) is 40.2 Å². The summed E-state index contributed by atoms with van der Waals surface area (Å²) in [6.07, 6.45) is 0.752. The van der Waals surface area contributed by atoms with Gasteiger partial charge in [-0.2, -0.15) is 4.52 Å². The summed E-state index contributed by atoms with van der Waals surface area (Å²) in [7, 11) is 0. The molecule has 0 saturated carbocycles. The molecule has 0 saturated heterocycles. The van der Waals surface area contributed by atoms with Crippen molar-refractivity contribution in [1.29, 1.82) is 0 Å². The number of aromatic nitrogens is 4. The van der Waals surface area contributed by atoms with Gasteiger partial charge in [0.2, 0.25) is 5.91 Å². The molecule has 0 unspecified atom stereocenters. The van der Waals surface area contributed by atoms with Crippen LogP contribution in [0.4, 0.5) is 11.5 Å². The van der Waals surface area contributed by atoms with E-state index in [2.05, 4.69) is 69.4 Å². The molecule has 0 radical (unpaired) electrons. The number of benzene rings is 2. The van der Waals surface area contributed by atoms with Crippen LogP contribution in [0, 0.1) is 20.8 Å². The number of carbonyl (C=O) groups excluding carboxylic acids is 1. The maximum atomic E-state index is 12.4. The Kier molecular flexibility index (Phi) is 7.49. The first-order valence-electron chi connectivity index (χ1n) is 11.6. The van der Waals surface area contributed by atoms with Gasteiger partial charge in [-0.3, -0.25) is 4.79 Å². The topological polar surface area (TPSA) is 96.2 Å². The lowest BCUT2D eigenvalue weighted by Crippen LogP contribution is -2.22. The highest BCUT2D eigenvalue weighted by Gasteiger charge is 2.11. The van der Waals surface area contributed by atoms with Crippen molar-refractivity contribution in [2.24, 2.45) is 0 Å². The quantitative estimate of drug-likeness (QED) is 0.313. The monoisotopic (exact) mass is 457 g/mol. The highest BCUT2D eigenvalue weighted by Crippen LogP contribution is 2.15. The molecule has 0 bridgehead atoms. The number of hydrogen-bond donors (Lipinski definition) is 3. The van der Waals surface area contributed by atoms with Crippen molar-refractivity contribution in [3.05, 3.63) is 82.7 Å². The lowest BCUT2D eigenvalue weighted by atomic mass is 10.1. The number of amides is 1. The lowest BCUT2D eigenvalue weighted by Gasteiger charge is -2.09. The van der Waals surface area contributed by atoms with Gasteiger partial charge in [0.05, 0.1) is 0 Å². The number of fused-ring (bicyclic) bond motifs is 1. The molecule has 2 heterocycles. The van der Waals surface area contributed by atoms with E-state index in [9.17, 15) is 4.79 Å². The molecule has 176 valence electrons. The number of aryl methyl sites for hydroxylation is 4. The van der Waals surface area contributed by atoms with E-state index in [1.54, 1.807) is 4.52 Å². The Morgan fingerprint density at radius 2 is 1.74 bits per heavy atom. The Labute approximate surface area is 199 Å². The molecule has 4 aromatic rings. The molecular weight excluding hydrogens is 426 g/mol. The minimum atomic E-state index is -0.0612. The summed E-state index contributed by atoms with van der Waals surface area (Å²) in [5.41, 5.74) is 6.34. The molecule has 0 fully saturated rings. The lowest BCUT2D eigenvalue weighted by molar-refractivity contribution is -0.116. The Bertz CT molecular complexity index is 1260. The average Bonchev–Trinajstić information content (AvgIpc) is 3.23. The van der Waals surface area contributed by atoms with Crippen LogP contribution in [0.2, 0.25) is 0 Å². The molecule has 8 nitrogen and oxygen atoms in total. The third kappa shape index (κ3) is 6.17. The van der Waals surface area contributed by atoms with E-state index < -0.39 is 0 Å². The maximum absolute atomic E-state index is 12.4. The van der Waals surface area contributed by atoms with Crippen molar-refractivity contribution >= 4 is 23.1 Å². The van der Waals surface area contributed by atoms with Crippen molar-refractivity contribution in [2.75, 3.05) is 23.7 Å². The standard InChI is InChI=1S/C26H31N7O/c1-18-4-7-21(8-5-18)17-27-14-15-28-23-10-11-24-30-31-25(33(24)32-23)12-13-26(34)29-22-9-6-19(2)20(3)16-22/h4-11,16,27H,12-15,17H2,1-3H3,(H,28,32)(H,29,34). The molecular formula is C26H31N7O. The molecule has 2 aromatic heterocycles. The molecule has 4 rings (SSSR count). The first-order chi connectivity index (χ1) is 16.5. The van der Waals surface area contributed by atoms with Crippen LogP contribution in [0.3, 0.4) is 0 Å². The van der Waals surface area contributed by atoms with Gasteiger partial charge in [0, 0.05) is 38.2 Å². The molecule has 0 aliphatic heterocycles. The number of nitrogens with zero attached hydrogens (tertiary/aromatic N) is 4. The van der Waals surface area contributed by atoms with E-state index in [0.29, 0.717) is 24.3 Å². The van der Waals surface area contributed by atoms with Gasteiger partial charge in [-0.25, -0.2) is 0 Å². The van der Waals surface area contributed by atoms with Gasteiger partial charge in [0.1, 0.15) is 5.82 Å². The predicted octanol–water partition coefficient (Wildman–Crippen LogP) is 3.82. The summed E-state index contributed by atoms with van der Waals surface area (Å²) < 4.78 is 1.70. The SMILES string of the molecule is Cc1ccc(CNCCNc2ccc3nnc(CCC(=O)Nc4ccc(C)c(C)c4)n3n2)cc1. The second-order valence-corrected chi connectivity index (χ2v) is 8.54. The molecule has 0 aliphatic rings. The van der Waals surface area contributed by atoms with Crippen LogP contribution < -0.4 is 16.0 Å². The minimum Gasteiger partial charge on any atom is -0.367 e. The second-order valence-electron chi connectivity index (χ2n) is 8.54. The Morgan fingerprint density at radius 1 is 0.912 bits per heavy atom. The van der Waals surface area contributed by atoms with Crippen molar-refractivity contribution in [3.63, 3.8) is 0 Å². The first-order valence-corrected chi connectivity index (χ1v) is 11.6. The third-order valence-electron chi connectivity index (χ3n) is 5.75. The van der Waals surface area contributed by atoms with E-state index in [1.165, 1.54) is 16.7 Å². The molecule has 1 amide bonds. The Morgan fingerprint density at radius 3 is 2.53 bits per heavy atom. The van der Waals surface area contributed by atoms with E-state index >= 15 is 0 Å². The van der Waals surface area contributed by atoms with Gasteiger partial charge in [-0.05, 0) is 61.7 Å². The van der Waals surface area contributed by atoms with Crippen LogP contribution in [-0.4, -0.2) is 38.8 Å². The molecule has 0 atom stereocenters. The largest absolute Gasteiger partial charge is 0.367 e. The molecule has 0 aliphatic carbocycles. The fourth-order valence-electron chi connectivity index (χ4n) is 3.57. The zero-order chi connectivity index (χ0) is 23.9. The van der Waals surface area contributed by atoms with Gasteiger partial charge in [0.25, 0.3) is 0 Å². The second kappa shape index (κ2) is 10.9. The van der Waals surface area contributed by atoms with Crippen molar-refractivity contribution in [3.8, 4) is 0 Å². The van der Waals surface area contributed by atoms with Crippen molar-refractivity contribution in [1.82, 2.24) is 25.1 Å². The minimum absolute atomic E-state index is 0.0612. The fourth-order valence-corrected chi connectivity index (χ4v) is 3.57. The average molecular weight is 458 g/mol. The normalized spacial score (nSPS) is 11.0. The Hall–Kier alpha value is -3.78. The number of anilines is 2. The van der Waals surface area contributed by atoms with Gasteiger partial charge in [0.15, 0.2) is 11.5 Å². The van der Waals surface area contributed by atoms with Crippen LogP contribution in [0.1, 0.15) is 34.5 Å². The molecule has 34 heavy (non-hydrogen) atoms. The maximum Gasteiger partial charge on any atom is 0.224 e. The predicted molar refractivity (Wildman–Crippen MR) is 135 cm³/mol. The first kappa shape index (κ1) is 23.4. The summed E-state index contributed by atoms with van der Waals surface area (Å²) in [4.78, 5) is 12.4. The van der Waals surface area contributed by atoms with Gasteiger partial charge in [-0.15, -0.1) is 15.3 Å². The number of hydrogen-bond acceptors (Lipinski definition) is 6. The smallest absolute Gasteiger partial charge is 0.224 e. The Balaban J connectivity index is 1.27. The van der Waals surface area contributed by atoms with Crippen LogP contribution in [0.15, 0.2) is 54.6 Å². The summed E-state index contributed by atoms with van der Waals surface area (Å²) in [5, 5.41) is 22.7. The van der Waals surface area contributed by atoms with E-state index in [1.807, 2.05) is 37.3 Å². The summed E-state index contributed by atoms with van der Waals surface area (Å²) in [6.45, 7) is 8.54. The van der Waals surface area contributed by atoms with E-state index in [0.717, 1.165) is 36.7 Å². The molecule has 8 heteroatoms. The number of carbonyl (C=O) groups is 1. The van der Waals surface area contributed by atoms with Crippen LogP contribution in [-0.2, 0) is 17.8 Å². The number of rotatable bonds is 10. The highest BCUT2D eigenvalue weighted by molar-refractivity contribution is 5.90. The van der Waals surface area contributed by atoms with Gasteiger partial charge in [-0.1, -0.05) is 35.9 Å². The summed E-state index contributed by atoms with van der Waals surface area (Å²) in [6, 6.07) is 18.2. The van der Waals surface area contributed by atoms with E-state index in [-0.39, 0.29) is 5.91 Å². The zero-order valence-corrected chi connectivity index (χ0v) is 19.9. The summed E-state index contributed by atoms with van der Waals surface area (Å²) >= 11 is 0. The highest BCUT2D eigenvalue weighted by atomic mass is 16.1. The molecule has 0 spiro atoms. The molecule has 3 N–H and O–H groups in total. The van der Waals surface area contributed by atoms with Gasteiger partial charge < -0.3 is 16.0 Å². The zero-order valence-electron chi connectivity index (χ0n) is 19.9. The fraction of sp³-hybridized carbons (Fsp3) is 0.308. The van der Waals surface area contributed by atoms with Gasteiger partial charge >= 0.3 is 0 Å². The third-order valence-corrected chi connectivity index (χ3v) is 5.75. The summed E-state index contributed by atoms with van der Waals surface area (Å²) in [5.74, 6) is 1.34. The van der Waals surface area contributed by atoms with Crippen LogP contribution >= 0.6 is 0 Å². The van der Waals surface area contributed by atoms with Crippen molar-refractivity contribution < 1.29 is 4.79 Å². The number of nitrogens with one attached hydrogen (secondary N) is 3.